The third-order valence-corrected chi connectivity index (χ3v) is 2.14. The van der Waals surface area contributed by atoms with Crippen molar-refractivity contribution in [1.29, 1.82) is 0 Å². The summed E-state index contributed by atoms with van der Waals surface area (Å²) >= 11 is 0. The molecule has 0 amide bonds. The SMILES string of the molecule is Cc1cccnc1NCCn1cnnc1. The van der Waals surface area contributed by atoms with Crippen molar-refractivity contribution in [2.75, 3.05) is 11.9 Å². The summed E-state index contributed by atoms with van der Waals surface area (Å²) in [5.41, 5.74) is 1.15. The number of rotatable bonds is 4. The van der Waals surface area contributed by atoms with Crippen LogP contribution in [0, 0.1) is 6.92 Å². The summed E-state index contributed by atoms with van der Waals surface area (Å²) in [6, 6.07) is 3.97. The molecule has 5 nitrogen and oxygen atoms in total. The van der Waals surface area contributed by atoms with E-state index in [1.165, 1.54) is 0 Å². The average Bonchev–Trinajstić information content (AvgIpc) is 2.74. The second-order valence-corrected chi connectivity index (χ2v) is 3.30. The molecule has 2 heterocycles. The maximum absolute atomic E-state index is 4.25. The molecule has 0 bridgehead atoms. The zero-order chi connectivity index (χ0) is 10.5. The van der Waals surface area contributed by atoms with Crippen LogP contribution in [0.2, 0.25) is 0 Å². The summed E-state index contributed by atoms with van der Waals surface area (Å²) in [7, 11) is 0. The van der Waals surface area contributed by atoms with Gasteiger partial charge in [-0.2, -0.15) is 0 Å². The number of pyridine rings is 1. The molecule has 0 spiro atoms. The smallest absolute Gasteiger partial charge is 0.128 e. The van der Waals surface area contributed by atoms with Crippen LogP contribution in [0.3, 0.4) is 0 Å². The Hall–Kier alpha value is -1.91. The van der Waals surface area contributed by atoms with Gasteiger partial charge in [0.25, 0.3) is 0 Å². The van der Waals surface area contributed by atoms with Gasteiger partial charge in [0.05, 0.1) is 0 Å². The fourth-order valence-electron chi connectivity index (χ4n) is 1.31. The van der Waals surface area contributed by atoms with Gasteiger partial charge in [-0.3, -0.25) is 0 Å². The van der Waals surface area contributed by atoms with Crippen LogP contribution in [-0.2, 0) is 6.54 Å². The van der Waals surface area contributed by atoms with E-state index in [-0.39, 0.29) is 0 Å². The highest BCUT2D eigenvalue weighted by Crippen LogP contribution is 2.08. The normalized spacial score (nSPS) is 10.2. The number of hydrogen-bond donors (Lipinski definition) is 1. The van der Waals surface area contributed by atoms with Gasteiger partial charge >= 0.3 is 0 Å². The molecule has 1 N–H and O–H groups in total. The van der Waals surface area contributed by atoms with E-state index in [4.69, 9.17) is 0 Å². The third-order valence-electron chi connectivity index (χ3n) is 2.14. The molecule has 5 heteroatoms. The van der Waals surface area contributed by atoms with Crippen LogP contribution in [0.5, 0.6) is 0 Å². The quantitative estimate of drug-likeness (QED) is 0.808. The molecule has 0 unspecified atom stereocenters. The standard InChI is InChI=1S/C10H13N5/c1-9-3-2-4-11-10(9)12-5-6-15-7-13-14-8-15/h2-4,7-8H,5-6H2,1H3,(H,11,12). The molecule has 0 aromatic carbocycles. The van der Waals surface area contributed by atoms with Gasteiger partial charge in [-0.05, 0) is 18.6 Å². The second-order valence-electron chi connectivity index (χ2n) is 3.30. The van der Waals surface area contributed by atoms with Crippen molar-refractivity contribution < 1.29 is 0 Å². The highest BCUT2D eigenvalue weighted by molar-refractivity contribution is 5.42. The fourth-order valence-corrected chi connectivity index (χ4v) is 1.31. The molecule has 2 rings (SSSR count). The first-order chi connectivity index (χ1) is 7.36. The predicted octanol–water partition coefficient (Wildman–Crippen LogP) is 1.09. The summed E-state index contributed by atoms with van der Waals surface area (Å²) in [6.07, 6.45) is 5.19. The van der Waals surface area contributed by atoms with Gasteiger partial charge in [-0.15, -0.1) is 10.2 Å². The Morgan fingerprint density at radius 2 is 2.13 bits per heavy atom. The molecular weight excluding hydrogens is 190 g/mol. The van der Waals surface area contributed by atoms with Crippen LogP contribution < -0.4 is 5.32 Å². The van der Waals surface area contributed by atoms with E-state index in [2.05, 4.69) is 20.5 Å². The lowest BCUT2D eigenvalue weighted by Crippen LogP contribution is -2.10. The second kappa shape index (κ2) is 4.54. The molecular formula is C10H13N5. The van der Waals surface area contributed by atoms with Gasteiger partial charge in [-0.25, -0.2) is 4.98 Å². The fraction of sp³-hybridized carbons (Fsp3) is 0.300. The maximum atomic E-state index is 4.25. The molecule has 0 saturated carbocycles. The summed E-state index contributed by atoms with van der Waals surface area (Å²) < 4.78 is 1.92. The van der Waals surface area contributed by atoms with Gasteiger partial charge in [0.1, 0.15) is 18.5 Å². The van der Waals surface area contributed by atoms with Crippen molar-refractivity contribution in [1.82, 2.24) is 19.7 Å². The van der Waals surface area contributed by atoms with Crippen LogP contribution in [0.1, 0.15) is 5.56 Å². The number of nitrogens with zero attached hydrogens (tertiary/aromatic N) is 4. The van der Waals surface area contributed by atoms with E-state index in [0.29, 0.717) is 0 Å². The van der Waals surface area contributed by atoms with E-state index in [9.17, 15) is 0 Å². The highest BCUT2D eigenvalue weighted by Gasteiger charge is 1.96. The number of aromatic nitrogens is 4. The summed E-state index contributed by atoms with van der Waals surface area (Å²) in [6.45, 7) is 3.69. The number of aryl methyl sites for hydroxylation is 1. The first-order valence-corrected chi connectivity index (χ1v) is 4.84. The zero-order valence-corrected chi connectivity index (χ0v) is 8.59. The van der Waals surface area contributed by atoms with Crippen LogP contribution in [0.15, 0.2) is 31.0 Å². The van der Waals surface area contributed by atoms with Gasteiger partial charge in [0.2, 0.25) is 0 Å². The molecule has 0 aliphatic carbocycles. The number of anilines is 1. The lowest BCUT2D eigenvalue weighted by atomic mass is 10.3. The van der Waals surface area contributed by atoms with Gasteiger partial charge in [-0.1, -0.05) is 6.07 Å². The Morgan fingerprint density at radius 3 is 2.87 bits per heavy atom. The Kier molecular flexibility index (Phi) is 2.92. The summed E-state index contributed by atoms with van der Waals surface area (Å²) in [5, 5.41) is 10.7. The summed E-state index contributed by atoms with van der Waals surface area (Å²) in [5.74, 6) is 0.936. The Labute approximate surface area is 88.2 Å². The molecule has 78 valence electrons. The Morgan fingerprint density at radius 1 is 1.33 bits per heavy atom. The number of nitrogens with one attached hydrogen (secondary N) is 1. The van der Waals surface area contributed by atoms with Crippen LogP contribution >= 0.6 is 0 Å². The first-order valence-electron chi connectivity index (χ1n) is 4.84. The third kappa shape index (κ3) is 2.52. The van der Waals surface area contributed by atoms with Crippen molar-refractivity contribution in [3.8, 4) is 0 Å². The lowest BCUT2D eigenvalue weighted by molar-refractivity contribution is 0.722. The largest absolute Gasteiger partial charge is 0.368 e. The summed E-state index contributed by atoms with van der Waals surface area (Å²) in [4.78, 5) is 4.25. The Bertz CT molecular complexity index is 410. The average molecular weight is 203 g/mol. The van der Waals surface area contributed by atoms with Crippen molar-refractivity contribution in [2.45, 2.75) is 13.5 Å². The van der Waals surface area contributed by atoms with E-state index >= 15 is 0 Å². The minimum absolute atomic E-state index is 0.815. The molecule has 0 saturated heterocycles. The van der Waals surface area contributed by atoms with Crippen LogP contribution in [0.25, 0.3) is 0 Å². The van der Waals surface area contributed by atoms with E-state index in [1.54, 1.807) is 18.9 Å². The van der Waals surface area contributed by atoms with Gasteiger partial charge < -0.3 is 9.88 Å². The van der Waals surface area contributed by atoms with Crippen molar-refractivity contribution in [2.24, 2.45) is 0 Å². The molecule has 2 aromatic rings. The maximum Gasteiger partial charge on any atom is 0.128 e. The van der Waals surface area contributed by atoms with E-state index in [0.717, 1.165) is 24.5 Å². The minimum Gasteiger partial charge on any atom is -0.368 e. The first kappa shape index (κ1) is 9.64. The topological polar surface area (TPSA) is 55.6 Å². The lowest BCUT2D eigenvalue weighted by Gasteiger charge is -2.07. The van der Waals surface area contributed by atoms with Gasteiger partial charge in [0.15, 0.2) is 0 Å². The van der Waals surface area contributed by atoms with Gasteiger partial charge in [0, 0.05) is 19.3 Å². The zero-order valence-electron chi connectivity index (χ0n) is 8.59. The predicted molar refractivity (Wildman–Crippen MR) is 57.5 cm³/mol. The van der Waals surface area contributed by atoms with Crippen molar-refractivity contribution >= 4 is 5.82 Å². The highest BCUT2D eigenvalue weighted by atomic mass is 15.2. The molecule has 2 aromatic heterocycles. The number of hydrogen-bond acceptors (Lipinski definition) is 4. The molecule has 0 aliphatic heterocycles. The molecule has 0 radical (unpaired) electrons. The Balaban J connectivity index is 1.86. The van der Waals surface area contributed by atoms with Crippen LogP contribution in [-0.4, -0.2) is 26.3 Å². The van der Waals surface area contributed by atoms with E-state index < -0.39 is 0 Å². The minimum atomic E-state index is 0.815. The molecule has 15 heavy (non-hydrogen) atoms. The monoisotopic (exact) mass is 203 g/mol. The van der Waals surface area contributed by atoms with E-state index in [1.807, 2.05) is 23.6 Å². The molecule has 0 fully saturated rings. The van der Waals surface area contributed by atoms with Crippen molar-refractivity contribution in [3.05, 3.63) is 36.5 Å². The van der Waals surface area contributed by atoms with Crippen LogP contribution in [0.4, 0.5) is 5.82 Å². The molecule has 0 atom stereocenters. The molecule has 0 aliphatic rings. The van der Waals surface area contributed by atoms with Crippen molar-refractivity contribution in [3.63, 3.8) is 0 Å².